The molecule has 5 nitrogen and oxygen atoms in total. The molecule has 0 aliphatic carbocycles. The molecule has 0 aliphatic rings. The van der Waals surface area contributed by atoms with Crippen LogP contribution in [0.1, 0.15) is 5.56 Å². The largest absolute Gasteiger partial charge is 0.339 e. The molecule has 0 bridgehead atoms. The second-order valence-electron chi connectivity index (χ2n) is 4.12. The quantitative estimate of drug-likeness (QED) is 0.846. The number of anilines is 1. The van der Waals surface area contributed by atoms with Crippen LogP contribution >= 0.6 is 15.9 Å². The summed E-state index contributed by atoms with van der Waals surface area (Å²) in [6, 6.07) is 7.30. The standard InChI is InChI=1S/C12H14BrN3O2S/c1-16-8-12(14-9-16)19(17,18)15-11-4-2-10(3-5-11)6-7-13/h2-5,8-9,15H,6-7H2,1H3. The van der Waals surface area contributed by atoms with Crippen LogP contribution in [0.15, 0.2) is 41.8 Å². The molecule has 0 saturated heterocycles. The van der Waals surface area contributed by atoms with Crippen LogP contribution < -0.4 is 4.72 Å². The third kappa shape index (κ3) is 3.57. The predicted octanol–water partition coefficient (Wildman–Crippen LogP) is 2.16. The van der Waals surface area contributed by atoms with Crippen LogP contribution in [0, 0.1) is 0 Å². The maximum Gasteiger partial charge on any atom is 0.280 e. The van der Waals surface area contributed by atoms with Gasteiger partial charge in [0.1, 0.15) is 0 Å². The zero-order valence-electron chi connectivity index (χ0n) is 10.4. The highest BCUT2D eigenvalue weighted by Gasteiger charge is 2.16. The number of aromatic nitrogens is 2. The number of hydrogen-bond donors (Lipinski definition) is 1. The monoisotopic (exact) mass is 343 g/mol. The summed E-state index contributed by atoms with van der Waals surface area (Å²) in [5.41, 5.74) is 1.68. The number of aryl methyl sites for hydroxylation is 2. The number of hydrogen-bond acceptors (Lipinski definition) is 3. The molecular formula is C12H14BrN3O2S. The minimum absolute atomic E-state index is 0.0135. The molecule has 7 heteroatoms. The lowest BCUT2D eigenvalue weighted by Gasteiger charge is -2.06. The number of alkyl halides is 1. The Bertz CT molecular complexity index is 650. The van der Waals surface area contributed by atoms with Crippen molar-refractivity contribution < 1.29 is 8.42 Å². The van der Waals surface area contributed by atoms with Gasteiger partial charge in [0.15, 0.2) is 5.03 Å². The average Bonchev–Trinajstić information content (AvgIpc) is 2.79. The molecule has 1 aromatic carbocycles. The third-order valence-corrected chi connectivity index (χ3v) is 4.21. The lowest BCUT2D eigenvalue weighted by Crippen LogP contribution is -2.13. The first kappa shape index (κ1) is 14.1. The summed E-state index contributed by atoms with van der Waals surface area (Å²) in [6.07, 6.45) is 3.82. The summed E-state index contributed by atoms with van der Waals surface area (Å²) in [4.78, 5) is 3.84. The van der Waals surface area contributed by atoms with E-state index in [0.717, 1.165) is 17.3 Å². The van der Waals surface area contributed by atoms with Crippen LogP contribution in [0.2, 0.25) is 0 Å². The number of benzene rings is 1. The number of nitrogens with one attached hydrogen (secondary N) is 1. The van der Waals surface area contributed by atoms with Crippen molar-refractivity contribution in [1.29, 1.82) is 0 Å². The van der Waals surface area contributed by atoms with Gasteiger partial charge in [0.2, 0.25) is 0 Å². The van der Waals surface area contributed by atoms with Gasteiger partial charge in [0.05, 0.1) is 6.33 Å². The molecule has 0 radical (unpaired) electrons. The highest BCUT2D eigenvalue weighted by molar-refractivity contribution is 9.09. The van der Waals surface area contributed by atoms with Crippen molar-refractivity contribution in [2.75, 3.05) is 10.1 Å². The number of sulfonamides is 1. The van der Waals surface area contributed by atoms with Gasteiger partial charge in [-0.25, -0.2) is 4.98 Å². The van der Waals surface area contributed by atoms with E-state index in [0.29, 0.717) is 5.69 Å². The smallest absolute Gasteiger partial charge is 0.280 e. The molecule has 2 rings (SSSR count). The Kier molecular flexibility index (Phi) is 4.26. The van der Waals surface area contributed by atoms with Crippen LogP contribution in [-0.4, -0.2) is 23.3 Å². The fourth-order valence-corrected chi connectivity index (χ4v) is 3.08. The summed E-state index contributed by atoms with van der Waals surface area (Å²) in [7, 11) is -1.89. The van der Waals surface area contributed by atoms with Crippen LogP contribution in [0.5, 0.6) is 0 Å². The first-order valence-electron chi connectivity index (χ1n) is 5.67. The normalized spacial score (nSPS) is 11.5. The Labute approximate surface area is 120 Å². The fraction of sp³-hybridized carbons (Fsp3) is 0.250. The number of imidazole rings is 1. The van der Waals surface area contributed by atoms with E-state index in [1.807, 2.05) is 12.1 Å². The van der Waals surface area contributed by atoms with Gasteiger partial charge in [0, 0.05) is 24.3 Å². The molecule has 1 N–H and O–H groups in total. The molecule has 0 spiro atoms. The van der Waals surface area contributed by atoms with Gasteiger partial charge in [0.25, 0.3) is 10.0 Å². The van der Waals surface area contributed by atoms with Crippen LogP contribution in [0.25, 0.3) is 0 Å². The van der Waals surface area contributed by atoms with Crippen molar-refractivity contribution in [2.45, 2.75) is 11.4 Å². The molecule has 0 amide bonds. The number of nitrogens with zero attached hydrogens (tertiary/aromatic N) is 2. The minimum atomic E-state index is -3.61. The second kappa shape index (κ2) is 5.75. The molecule has 0 fully saturated rings. The highest BCUT2D eigenvalue weighted by Crippen LogP contribution is 2.15. The maximum absolute atomic E-state index is 12.0. The SMILES string of the molecule is Cn1cnc(S(=O)(=O)Nc2ccc(CCBr)cc2)c1. The van der Waals surface area contributed by atoms with Crippen LogP contribution in [0.4, 0.5) is 5.69 Å². The first-order chi connectivity index (χ1) is 9.01. The molecular weight excluding hydrogens is 330 g/mol. The second-order valence-corrected chi connectivity index (χ2v) is 6.54. The van der Waals surface area contributed by atoms with Gasteiger partial charge in [-0.3, -0.25) is 4.72 Å². The lowest BCUT2D eigenvalue weighted by atomic mass is 10.2. The van der Waals surface area contributed by atoms with Crippen molar-refractivity contribution in [3.63, 3.8) is 0 Å². The number of rotatable bonds is 5. The Balaban J connectivity index is 2.16. The van der Waals surface area contributed by atoms with Gasteiger partial charge in [-0.15, -0.1) is 0 Å². The van der Waals surface area contributed by atoms with Gasteiger partial charge >= 0.3 is 0 Å². The van der Waals surface area contributed by atoms with Crippen molar-refractivity contribution in [2.24, 2.45) is 7.05 Å². The van der Waals surface area contributed by atoms with E-state index in [2.05, 4.69) is 25.6 Å². The Hall–Kier alpha value is -1.34. The Morgan fingerprint density at radius 1 is 1.32 bits per heavy atom. The van der Waals surface area contributed by atoms with Gasteiger partial charge in [-0.1, -0.05) is 28.1 Å². The molecule has 102 valence electrons. The van der Waals surface area contributed by atoms with Crippen molar-refractivity contribution in [3.05, 3.63) is 42.4 Å². The van der Waals surface area contributed by atoms with Crippen LogP contribution in [0.3, 0.4) is 0 Å². The van der Waals surface area contributed by atoms with E-state index in [-0.39, 0.29) is 5.03 Å². The molecule has 2 aromatic rings. The van der Waals surface area contributed by atoms with Crippen molar-refractivity contribution in [1.82, 2.24) is 9.55 Å². The predicted molar refractivity (Wildman–Crippen MR) is 78.0 cm³/mol. The molecule has 0 unspecified atom stereocenters. The fourth-order valence-electron chi connectivity index (χ4n) is 1.58. The molecule has 1 heterocycles. The van der Waals surface area contributed by atoms with E-state index in [9.17, 15) is 8.42 Å². The summed E-state index contributed by atoms with van der Waals surface area (Å²) >= 11 is 3.36. The van der Waals surface area contributed by atoms with Crippen LogP contribution in [-0.2, 0) is 23.5 Å². The van der Waals surface area contributed by atoms with E-state index in [4.69, 9.17) is 0 Å². The third-order valence-electron chi connectivity index (χ3n) is 2.55. The molecule has 0 atom stereocenters. The highest BCUT2D eigenvalue weighted by atomic mass is 79.9. The maximum atomic E-state index is 12.0. The molecule has 1 aromatic heterocycles. The molecule has 0 aliphatic heterocycles. The van der Waals surface area contributed by atoms with Gasteiger partial charge < -0.3 is 4.57 Å². The summed E-state index contributed by atoms with van der Waals surface area (Å²) in [5.74, 6) is 0. The zero-order valence-corrected chi connectivity index (χ0v) is 12.8. The topological polar surface area (TPSA) is 64.0 Å². The minimum Gasteiger partial charge on any atom is -0.339 e. The van der Waals surface area contributed by atoms with E-state index in [1.54, 1.807) is 23.7 Å². The van der Waals surface area contributed by atoms with Crippen molar-refractivity contribution in [3.8, 4) is 0 Å². The van der Waals surface area contributed by atoms with E-state index >= 15 is 0 Å². The average molecular weight is 344 g/mol. The molecule has 0 saturated carbocycles. The lowest BCUT2D eigenvalue weighted by molar-refractivity contribution is 0.598. The number of halogens is 1. The van der Waals surface area contributed by atoms with Crippen molar-refractivity contribution >= 4 is 31.6 Å². The first-order valence-corrected chi connectivity index (χ1v) is 8.27. The summed E-state index contributed by atoms with van der Waals surface area (Å²) < 4.78 is 28.2. The molecule has 19 heavy (non-hydrogen) atoms. The Morgan fingerprint density at radius 3 is 2.53 bits per heavy atom. The van der Waals surface area contributed by atoms with Gasteiger partial charge in [-0.05, 0) is 24.1 Å². The van der Waals surface area contributed by atoms with E-state index in [1.165, 1.54) is 12.5 Å². The van der Waals surface area contributed by atoms with Gasteiger partial charge in [-0.2, -0.15) is 8.42 Å². The summed E-state index contributed by atoms with van der Waals surface area (Å²) in [6.45, 7) is 0. The summed E-state index contributed by atoms with van der Waals surface area (Å²) in [5, 5.41) is 0.894. The Morgan fingerprint density at radius 2 is 2.00 bits per heavy atom. The zero-order chi connectivity index (χ0) is 13.9. The van der Waals surface area contributed by atoms with E-state index < -0.39 is 10.0 Å².